The van der Waals surface area contributed by atoms with E-state index in [0.717, 1.165) is 24.9 Å². The van der Waals surface area contributed by atoms with Crippen LogP contribution in [0.3, 0.4) is 0 Å². The first-order valence-electron chi connectivity index (χ1n) is 4.27. The molecule has 1 unspecified atom stereocenters. The predicted molar refractivity (Wildman–Crippen MR) is 43.6 cm³/mol. The van der Waals surface area contributed by atoms with Crippen molar-refractivity contribution < 1.29 is 0 Å². The van der Waals surface area contributed by atoms with E-state index < -0.39 is 0 Å². The minimum absolute atomic E-state index is 0.766. The van der Waals surface area contributed by atoms with Gasteiger partial charge >= 0.3 is 0 Å². The van der Waals surface area contributed by atoms with E-state index in [9.17, 15) is 0 Å². The number of rotatable bonds is 2. The van der Waals surface area contributed by atoms with E-state index in [2.05, 4.69) is 0 Å². The van der Waals surface area contributed by atoms with E-state index in [0.29, 0.717) is 0 Å². The normalized spacial score (nSPS) is 34.2. The molecule has 0 saturated heterocycles. The molecule has 2 heteroatoms. The molecule has 0 heterocycles. The molecule has 0 aromatic carbocycles. The Balaban J connectivity index is 2.25. The first kappa shape index (κ1) is 8.02. The highest BCUT2D eigenvalue weighted by Gasteiger charge is 2.19. The van der Waals surface area contributed by atoms with Crippen LogP contribution in [-0.2, 0) is 0 Å². The van der Waals surface area contributed by atoms with Gasteiger partial charge in [-0.1, -0.05) is 6.42 Å². The van der Waals surface area contributed by atoms with Gasteiger partial charge in [-0.25, -0.2) is 0 Å². The summed E-state index contributed by atoms with van der Waals surface area (Å²) in [6, 6.07) is 0. The summed E-state index contributed by atoms with van der Waals surface area (Å²) < 4.78 is 0. The van der Waals surface area contributed by atoms with Gasteiger partial charge in [0.15, 0.2) is 0 Å². The molecule has 60 valence electrons. The third kappa shape index (κ3) is 1.96. The lowest BCUT2D eigenvalue weighted by molar-refractivity contribution is 0.277. The van der Waals surface area contributed by atoms with Gasteiger partial charge in [0.05, 0.1) is 0 Å². The Bertz CT molecular complexity index is 83.3. The highest BCUT2D eigenvalue weighted by molar-refractivity contribution is 4.73. The Kier molecular flexibility index (Phi) is 3.16. The molecule has 1 fully saturated rings. The van der Waals surface area contributed by atoms with Crippen molar-refractivity contribution >= 4 is 0 Å². The maximum absolute atomic E-state index is 5.58. The minimum atomic E-state index is 0.766. The van der Waals surface area contributed by atoms with Gasteiger partial charge < -0.3 is 11.5 Å². The van der Waals surface area contributed by atoms with E-state index >= 15 is 0 Å². The Hall–Kier alpha value is -0.0800. The summed E-state index contributed by atoms with van der Waals surface area (Å²) in [4.78, 5) is 0. The van der Waals surface area contributed by atoms with Gasteiger partial charge in [0.1, 0.15) is 0 Å². The van der Waals surface area contributed by atoms with Crippen molar-refractivity contribution in [3.05, 3.63) is 0 Å². The van der Waals surface area contributed by atoms with Crippen molar-refractivity contribution in [2.75, 3.05) is 13.1 Å². The lowest BCUT2D eigenvalue weighted by atomic mass is 9.81. The second-order valence-electron chi connectivity index (χ2n) is 3.37. The van der Waals surface area contributed by atoms with Crippen LogP contribution in [0.1, 0.15) is 25.7 Å². The zero-order valence-corrected chi connectivity index (χ0v) is 6.55. The Morgan fingerprint density at radius 2 is 1.50 bits per heavy atom. The first-order valence-corrected chi connectivity index (χ1v) is 4.27. The molecule has 2 atom stereocenters. The maximum Gasteiger partial charge on any atom is -0.00488 e. The molecule has 0 bridgehead atoms. The number of nitrogens with two attached hydrogens (primary N) is 2. The summed E-state index contributed by atoms with van der Waals surface area (Å²) in [5.41, 5.74) is 11.2. The van der Waals surface area contributed by atoms with Crippen LogP contribution in [0.25, 0.3) is 0 Å². The molecule has 1 saturated carbocycles. The Morgan fingerprint density at radius 3 is 1.90 bits per heavy atom. The summed E-state index contributed by atoms with van der Waals surface area (Å²) in [6.07, 6.45) is 5.26. The second kappa shape index (κ2) is 3.94. The van der Waals surface area contributed by atoms with Crippen molar-refractivity contribution in [1.82, 2.24) is 0 Å². The zero-order chi connectivity index (χ0) is 7.40. The first-order chi connectivity index (χ1) is 4.86. The molecule has 0 aliphatic heterocycles. The van der Waals surface area contributed by atoms with Gasteiger partial charge in [-0.15, -0.1) is 0 Å². The monoisotopic (exact) mass is 142 g/mol. The van der Waals surface area contributed by atoms with Gasteiger partial charge in [0.2, 0.25) is 0 Å². The summed E-state index contributed by atoms with van der Waals surface area (Å²) in [6.45, 7) is 1.72. The maximum atomic E-state index is 5.58. The standard InChI is InChI=1S/C8H18N2/c9-5-7-2-1-3-8(4-7)6-10/h7-8H,1-6,9-10H2/t7-,8?/m1/s1. The van der Waals surface area contributed by atoms with Gasteiger partial charge in [-0.2, -0.15) is 0 Å². The number of hydrogen-bond donors (Lipinski definition) is 2. The van der Waals surface area contributed by atoms with E-state index in [1.54, 1.807) is 0 Å². The van der Waals surface area contributed by atoms with Gasteiger partial charge in [-0.3, -0.25) is 0 Å². The van der Waals surface area contributed by atoms with Crippen LogP contribution in [-0.4, -0.2) is 13.1 Å². The van der Waals surface area contributed by atoms with Gasteiger partial charge in [-0.05, 0) is 44.2 Å². The third-order valence-corrected chi connectivity index (χ3v) is 2.56. The molecule has 0 spiro atoms. The SMILES string of the molecule is NCC1CCC[C@@H](CN)C1. The van der Waals surface area contributed by atoms with E-state index in [4.69, 9.17) is 11.5 Å². The van der Waals surface area contributed by atoms with E-state index in [-0.39, 0.29) is 0 Å². The molecular formula is C8H18N2. The Labute approximate surface area is 63.0 Å². The average Bonchev–Trinajstić information content (AvgIpc) is 2.05. The average molecular weight is 142 g/mol. The van der Waals surface area contributed by atoms with Gasteiger partial charge in [0, 0.05) is 0 Å². The van der Waals surface area contributed by atoms with Crippen LogP contribution >= 0.6 is 0 Å². The molecule has 10 heavy (non-hydrogen) atoms. The van der Waals surface area contributed by atoms with E-state index in [1.807, 2.05) is 0 Å². The largest absolute Gasteiger partial charge is 0.330 e. The van der Waals surface area contributed by atoms with Crippen LogP contribution in [0, 0.1) is 11.8 Å². The van der Waals surface area contributed by atoms with Crippen molar-refractivity contribution in [3.63, 3.8) is 0 Å². The fourth-order valence-corrected chi connectivity index (χ4v) is 1.83. The highest BCUT2D eigenvalue weighted by atomic mass is 14.6. The van der Waals surface area contributed by atoms with Crippen molar-refractivity contribution in [1.29, 1.82) is 0 Å². The number of hydrogen-bond acceptors (Lipinski definition) is 2. The van der Waals surface area contributed by atoms with Crippen molar-refractivity contribution in [2.45, 2.75) is 25.7 Å². The van der Waals surface area contributed by atoms with Crippen LogP contribution in [0.15, 0.2) is 0 Å². The highest BCUT2D eigenvalue weighted by Crippen LogP contribution is 2.27. The molecule has 0 aromatic rings. The second-order valence-corrected chi connectivity index (χ2v) is 3.37. The summed E-state index contributed by atoms with van der Waals surface area (Å²) in [5.74, 6) is 1.53. The third-order valence-electron chi connectivity index (χ3n) is 2.56. The van der Waals surface area contributed by atoms with Crippen molar-refractivity contribution in [3.8, 4) is 0 Å². The molecule has 0 aromatic heterocycles. The molecule has 4 N–H and O–H groups in total. The summed E-state index contributed by atoms with van der Waals surface area (Å²) in [5, 5.41) is 0. The van der Waals surface area contributed by atoms with Crippen LogP contribution in [0.4, 0.5) is 0 Å². The van der Waals surface area contributed by atoms with Crippen LogP contribution < -0.4 is 11.5 Å². The minimum Gasteiger partial charge on any atom is -0.330 e. The molecular weight excluding hydrogens is 124 g/mol. The van der Waals surface area contributed by atoms with Crippen LogP contribution in [0.5, 0.6) is 0 Å². The molecule has 1 aliphatic carbocycles. The predicted octanol–water partition coefficient (Wildman–Crippen LogP) is 0.710. The molecule has 0 amide bonds. The lowest BCUT2D eigenvalue weighted by Gasteiger charge is -2.26. The lowest BCUT2D eigenvalue weighted by Crippen LogP contribution is -2.26. The Morgan fingerprint density at radius 1 is 1.00 bits per heavy atom. The quantitative estimate of drug-likeness (QED) is 0.596. The molecule has 2 nitrogen and oxygen atoms in total. The van der Waals surface area contributed by atoms with Gasteiger partial charge in [0.25, 0.3) is 0 Å². The van der Waals surface area contributed by atoms with E-state index in [1.165, 1.54) is 25.7 Å². The smallest absolute Gasteiger partial charge is 0.00488 e. The molecule has 0 radical (unpaired) electrons. The fraction of sp³-hybridized carbons (Fsp3) is 1.00. The molecule has 1 rings (SSSR count). The van der Waals surface area contributed by atoms with Crippen LogP contribution in [0.2, 0.25) is 0 Å². The topological polar surface area (TPSA) is 52.0 Å². The fourth-order valence-electron chi connectivity index (χ4n) is 1.83. The van der Waals surface area contributed by atoms with Crippen molar-refractivity contribution in [2.24, 2.45) is 23.3 Å². The zero-order valence-electron chi connectivity index (χ0n) is 6.55. The summed E-state index contributed by atoms with van der Waals surface area (Å²) >= 11 is 0. The summed E-state index contributed by atoms with van der Waals surface area (Å²) in [7, 11) is 0. The molecule has 1 aliphatic rings.